The van der Waals surface area contributed by atoms with Gasteiger partial charge in [-0.3, -0.25) is 5.41 Å². The second kappa shape index (κ2) is 8.24. The molecule has 5 N–H and O–H groups in total. The predicted octanol–water partition coefficient (Wildman–Crippen LogP) is 4.26. The van der Waals surface area contributed by atoms with Crippen LogP contribution in [0.2, 0.25) is 0 Å². The van der Waals surface area contributed by atoms with Crippen LogP contribution in [0.15, 0.2) is 42.5 Å². The third-order valence-electron chi connectivity index (χ3n) is 4.38. The smallest absolute Gasteiger partial charge is 0.258 e. The molecule has 156 valence electrons. The number of nitrogens with zero attached hydrogens (tertiary/aromatic N) is 2. The fourth-order valence-corrected chi connectivity index (χ4v) is 2.65. The number of nitrogens with one attached hydrogen (secondary N) is 2. The molecule has 9 heteroatoms. The monoisotopic (exact) mass is 413 g/mol. The number of halogens is 2. The van der Waals surface area contributed by atoms with Crippen LogP contribution < -0.4 is 20.7 Å². The zero-order chi connectivity index (χ0) is 22.0. The second-order valence-electron chi connectivity index (χ2n) is 6.78. The number of amidine groups is 1. The van der Waals surface area contributed by atoms with E-state index in [1.54, 1.807) is 18.2 Å². The summed E-state index contributed by atoms with van der Waals surface area (Å²) >= 11 is 0. The lowest BCUT2D eigenvalue weighted by Gasteiger charge is -2.16. The Hall–Kier alpha value is -3.88. The van der Waals surface area contributed by atoms with Crippen molar-refractivity contribution in [3.8, 4) is 17.4 Å². The molecule has 3 aromatic rings. The van der Waals surface area contributed by atoms with E-state index in [2.05, 4.69) is 10.3 Å². The second-order valence-corrected chi connectivity index (χ2v) is 6.78. The number of nitrogens with two attached hydrogens (primary N) is 1. The molecule has 0 spiro atoms. The van der Waals surface area contributed by atoms with Crippen LogP contribution in [-0.2, 0) is 0 Å². The summed E-state index contributed by atoms with van der Waals surface area (Å²) < 4.78 is 34.8. The average Bonchev–Trinajstić information content (AvgIpc) is 2.71. The van der Waals surface area contributed by atoms with Gasteiger partial charge in [0.15, 0.2) is 17.5 Å². The van der Waals surface area contributed by atoms with Crippen LogP contribution in [0.3, 0.4) is 0 Å². The first kappa shape index (κ1) is 20.8. The van der Waals surface area contributed by atoms with Gasteiger partial charge in [-0.15, -0.1) is 0 Å². The number of nitrogen functional groups attached to an aromatic ring is 1. The molecule has 30 heavy (non-hydrogen) atoms. The highest BCUT2D eigenvalue weighted by Crippen LogP contribution is 2.33. The molecule has 0 radical (unpaired) electrons. The minimum Gasteiger partial charge on any atom is -0.506 e. The third-order valence-corrected chi connectivity index (χ3v) is 4.38. The van der Waals surface area contributed by atoms with Crippen molar-refractivity contribution in [1.29, 1.82) is 5.41 Å². The van der Waals surface area contributed by atoms with Crippen LogP contribution in [0.4, 0.5) is 26.0 Å². The van der Waals surface area contributed by atoms with Crippen LogP contribution in [0.25, 0.3) is 0 Å². The van der Waals surface area contributed by atoms with Gasteiger partial charge in [-0.05, 0) is 37.3 Å². The molecule has 1 heterocycles. The van der Waals surface area contributed by atoms with Crippen LogP contribution in [0, 0.1) is 24.0 Å². The zero-order valence-electron chi connectivity index (χ0n) is 16.6. The van der Waals surface area contributed by atoms with E-state index in [4.69, 9.17) is 15.9 Å². The number of aromatic nitrogens is 1. The molecule has 0 aliphatic carbocycles. The summed E-state index contributed by atoms with van der Waals surface area (Å²) in [6, 6.07) is 11.1. The molecule has 2 aromatic carbocycles. The molecular weight excluding hydrogens is 392 g/mol. The summed E-state index contributed by atoms with van der Waals surface area (Å²) in [5.74, 6) is -2.74. The van der Waals surface area contributed by atoms with Crippen LogP contribution in [0.5, 0.6) is 17.4 Å². The van der Waals surface area contributed by atoms with Crippen LogP contribution in [-0.4, -0.2) is 30.0 Å². The van der Waals surface area contributed by atoms with E-state index in [0.29, 0.717) is 11.3 Å². The number of phenolic OH excluding ortho intramolecular Hbond substituents is 1. The summed E-state index contributed by atoms with van der Waals surface area (Å²) in [6.45, 7) is 1.26. The Morgan fingerprint density at radius 1 is 1.17 bits per heavy atom. The third kappa shape index (κ3) is 4.24. The predicted molar refractivity (Wildman–Crippen MR) is 112 cm³/mol. The maximum atomic E-state index is 14.6. The summed E-state index contributed by atoms with van der Waals surface area (Å²) in [5, 5.41) is 20.2. The van der Waals surface area contributed by atoms with Crippen LogP contribution in [0.1, 0.15) is 11.1 Å². The molecule has 0 saturated carbocycles. The first-order valence-corrected chi connectivity index (χ1v) is 8.92. The number of pyridine rings is 1. The maximum Gasteiger partial charge on any atom is 0.258 e. The number of anilines is 3. The van der Waals surface area contributed by atoms with Gasteiger partial charge >= 0.3 is 0 Å². The highest BCUT2D eigenvalue weighted by atomic mass is 19.1. The quantitative estimate of drug-likeness (QED) is 0.273. The van der Waals surface area contributed by atoms with Crippen molar-refractivity contribution in [2.75, 3.05) is 24.3 Å². The first-order valence-electron chi connectivity index (χ1n) is 8.92. The number of phenols is 1. The molecular formula is C21H21F2N5O2. The van der Waals surface area contributed by atoms with Crippen molar-refractivity contribution in [2.24, 2.45) is 5.73 Å². The summed E-state index contributed by atoms with van der Waals surface area (Å²) in [5.41, 5.74) is 6.34. The highest BCUT2D eigenvalue weighted by Gasteiger charge is 2.20. The number of ether oxygens (including phenoxy) is 1. The largest absolute Gasteiger partial charge is 0.506 e. The van der Waals surface area contributed by atoms with Gasteiger partial charge in [0, 0.05) is 37.0 Å². The lowest BCUT2D eigenvalue weighted by atomic mass is 10.1. The molecule has 0 fully saturated rings. The topological polar surface area (TPSA) is 107 Å². The Labute approximate surface area is 172 Å². The molecule has 0 bridgehead atoms. The molecule has 0 aliphatic heterocycles. The van der Waals surface area contributed by atoms with Gasteiger partial charge in [-0.2, -0.15) is 4.98 Å². The summed E-state index contributed by atoms with van der Waals surface area (Å²) in [6.07, 6.45) is 0. The molecule has 0 atom stereocenters. The average molecular weight is 413 g/mol. The molecule has 3 rings (SSSR count). The van der Waals surface area contributed by atoms with Gasteiger partial charge in [0.2, 0.25) is 0 Å². The molecule has 0 saturated heterocycles. The van der Waals surface area contributed by atoms with Gasteiger partial charge in [-0.1, -0.05) is 6.07 Å². The molecule has 0 amide bonds. The minimum atomic E-state index is -0.926. The van der Waals surface area contributed by atoms with E-state index >= 15 is 0 Å². The lowest BCUT2D eigenvalue weighted by molar-refractivity contribution is 0.415. The van der Waals surface area contributed by atoms with Gasteiger partial charge in [0.25, 0.3) is 5.88 Å². The van der Waals surface area contributed by atoms with Gasteiger partial charge in [0.05, 0.1) is 5.69 Å². The van der Waals surface area contributed by atoms with Crippen molar-refractivity contribution < 1.29 is 18.6 Å². The van der Waals surface area contributed by atoms with Crippen molar-refractivity contribution in [2.45, 2.75) is 6.92 Å². The van der Waals surface area contributed by atoms with Crippen molar-refractivity contribution >= 4 is 23.0 Å². The van der Waals surface area contributed by atoms with Crippen molar-refractivity contribution in [3.05, 3.63) is 65.2 Å². The van der Waals surface area contributed by atoms with E-state index < -0.39 is 17.5 Å². The van der Waals surface area contributed by atoms with E-state index in [0.717, 1.165) is 5.69 Å². The number of hydrogen-bond donors (Lipinski definition) is 4. The summed E-state index contributed by atoms with van der Waals surface area (Å²) in [4.78, 5) is 5.78. The van der Waals surface area contributed by atoms with Gasteiger partial charge in [0.1, 0.15) is 17.3 Å². The standard InChI is InChI=1S/C21H21F2N5O2/c1-11-17(22)20(26-15-8-7-12(19(24)25)9-16(15)29)27-21(18(11)23)30-14-6-4-5-13(10-14)28(2)3/h4-10,29H,1-3H3,(H3,24,25)(H,26,27). The van der Waals surface area contributed by atoms with Crippen LogP contribution >= 0.6 is 0 Å². The van der Waals surface area contributed by atoms with E-state index in [1.165, 1.54) is 25.1 Å². The molecule has 7 nitrogen and oxygen atoms in total. The fraction of sp³-hybridized carbons (Fsp3) is 0.143. The van der Waals surface area contributed by atoms with Crippen molar-refractivity contribution in [3.63, 3.8) is 0 Å². The normalized spacial score (nSPS) is 10.6. The van der Waals surface area contributed by atoms with E-state index in [1.807, 2.05) is 25.1 Å². The number of benzene rings is 2. The summed E-state index contributed by atoms with van der Waals surface area (Å²) in [7, 11) is 3.71. The molecule has 1 aromatic heterocycles. The SMILES string of the molecule is Cc1c(F)c(Nc2ccc(C(=N)N)cc2O)nc(Oc2cccc(N(C)C)c2)c1F. The maximum absolute atomic E-state index is 14.6. The lowest BCUT2D eigenvalue weighted by Crippen LogP contribution is -2.11. The van der Waals surface area contributed by atoms with Gasteiger partial charge < -0.3 is 25.8 Å². The minimum absolute atomic E-state index is 0.109. The number of rotatable bonds is 6. The van der Waals surface area contributed by atoms with Gasteiger partial charge in [-0.25, -0.2) is 8.78 Å². The number of hydrogen-bond acceptors (Lipinski definition) is 6. The van der Waals surface area contributed by atoms with E-state index in [9.17, 15) is 13.9 Å². The highest BCUT2D eigenvalue weighted by molar-refractivity contribution is 5.96. The molecule has 0 unspecified atom stereocenters. The Morgan fingerprint density at radius 3 is 2.53 bits per heavy atom. The van der Waals surface area contributed by atoms with E-state index in [-0.39, 0.29) is 28.7 Å². The first-order chi connectivity index (χ1) is 14.2. The Balaban J connectivity index is 1.96. The Kier molecular flexibility index (Phi) is 5.72. The fourth-order valence-electron chi connectivity index (χ4n) is 2.65. The molecule has 0 aliphatic rings. The Bertz CT molecular complexity index is 1120. The van der Waals surface area contributed by atoms with Crippen molar-refractivity contribution in [1.82, 2.24) is 4.98 Å². The Morgan fingerprint density at radius 2 is 1.90 bits per heavy atom. The zero-order valence-corrected chi connectivity index (χ0v) is 16.6. The number of aromatic hydroxyl groups is 1.